The summed E-state index contributed by atoms with van der Waals surface area (Å²) in [5.41, 5.74) is 7.51. The Hall–Kier alpha value is -0.850. The van der Waals surface area contributed by atoms with Crippen molar-refractivity contribution in [1.82, 2.24) is 0 Å². The Morgan fingerprint density at radius 3 is 2.63 bits per heavy atom. The highest BCUT2D eigenvalue weighted by molar-refractivity contribution is 9.12. The Morgan fingerprint density at radius 1 is 1.37 bits per heavy atom. The maximum Gasteiger partial charge on any atom is 0.195 e. The summed E-state index contributed by atoms with van der Waals surface area (Å²) in [7, 11) is 0. The van der Waals surface area contributed by atoms with Gasteiger partial charge in [0, 0.05) is 11.1 Å². The molecule has 100 valence electrons. The summed E-state index contributed by atoms with van der Waals surface area (Å²) >= 11 is 8.21. The van der Waals surface area contributed by atoms with Gasteiger partial charge in [0.25, 0.3) is 0 Å². The molecule has 0 saturated carbocycles. The molecule has 0 aliphatic heterocycles. The maximum atomic E-state index is 12.4. The first-order chi connectivity index (χ1) is 9.02. The second kappa shape index (κ2) is 6.07. The molecule has 0 fully saturated rings. The lowest BCUT2D eigenvalue weighted by Gasteiger charge is -2.08. The summed E-state index contributed by atoms with van der Waals surface area (Å²) in [5, 5.41) is 0. The number of rotatable bonds is 4. The summed E-state index contributed by atoms with van der Waals surface area (Å²) in [6.45, 7) is 2.43. The SMILES string of the molecule is CCOc1ccc(C(=O)c2cc(Br)sc2Br)cc1N. The molecule has 2 rings (SSSR count). The van der Waals surface area contributed by atoms with Gasteiger partial charge in [0.1, 0.15) is 5.75 Å². The molecule has 0 aliphatic rings. The van der Waals surface area contributed by atoms with Crippen molar-refractivity contribution in [3.05, 3.63) is 43.0 Å². The van der Waals surface area contributed by atoms with E-state index in [1.54, 1.807) is 24.3 Å². The number of carbonyl (C=O) groups excluding carboxylic acids is 1. The topological polar surface area (TPSA) is 52.3 Å². The summed E-state index contributed by atoms with van der Waals surface area (Å²) in [6, 6.07) is 6.89. The molecular formula is C13H11Br2NO2S. The van der Waals surface area contributed by atoms with Crippen molar-refractivity contribution in [2.45, 2.75) is 6.92 Å². The van der Waals surface area contributed by atoms with Gasteiger partial charge in [-0.1, -0.05) is 0 Å². The first kappa shape index (κ1) is 14.6. The molecule has 0 radical (unpaired) electrons. The molecule has 3 nitrogen and oxygen atoms in total. The van der Waals surface area contributed by atoms with Crippen LogP contribution in [0.15, 0.2) is 31.8 Å². The van der Waals surface area contributed by atoms with Crippen LogP contribution in [0, 0.1) is 0 Å². The fourth-order valence-electron chi connectivity index (χ4n) is 1.63. The van der Waals surface area contributed by atoms with Crippen molar-refractivity contribution in [3.8, 4) is 5.75 Å². The molecule has 1 aromatic heterocycles. The number of nitrogens with two attached hydrogens (primary N) is 1. The Morgan fingerprint density at radius 2 is 2.11 bits per heavy atom. The molecule has 1 heterocycles. The zero-order chi connectivity index (χ0) is 14.0. The second-order valence-electron chi connectivity index (χ2n) is 3.75. The first-order valence-corrected chi connectivity index (χ1v) is 7.95. The predicted octanol–water partition coefficient (Wildman–Crippen LogP) is 4.49. The number of thiophene rings is 1. The Labute approximate surface area is 132 Å². The summed E-state index contributed by atoms with van der Waals surface area (Å²) in [5.74, 6) is 0.535. The smallest absolute Gasteiger partial charge is 0.195 e. The Bertz CT molecular complexity index is 625. The Kier molecular flexibility index (Phi) is 4.65. The standard InChI is InChI=1S/C13H11Br2NO2S/c1-2-18-10-4-3-7(5-9(10)16)12(17)8-6-11(14)19-13(8)15/h3-6H,2,16H2,1H3. The largest absolute Gasteiger partial charge is 0.492 e. The molecule has 0 aliphatic carbocycles. The van der Waals surface area contributed by atoms with Crippen molar-refractivity contribution in [2.24, 2.45) is 0 Å². The van der Waals surface area contributed by atoms with Crippen molar-refractivity contribution in [2.75, 3.05) is 12.3 Å². The van der Waals surface area contributed by atoms with E-state index < -0.39 is 0 Å². The van der Waals surface area contributed by atoms with E-state index in [2.05, 4.69) is 31.9 Å². The Balaban J connectivity index is 2.34. The number of hydrogen-bond acceptors (Lipinski definition) is 4. The van der Waals surface area contributed by atoms with Crippen molar-refractivity contribution >= 4 is 54.7 Å². The number of halogens is 2. The van der Waals surface area contributed by atoms with E-state index in [0.29, 0.717) is 29.2 Å². The van der Waals surface area contributed by atoms with Gasteiger partial charge < -0.3 is 10.5 Å². The summed E-state index contributed by atoms with van der Waals surface area (Å²) < 4.78 is 7.06. The molecule has 1 aromatic carbocycles. The molecule has 0 amide bonds. The third kappa shape index (κ3) is 3.19. The minimum absolute atomic E-state index is 0.0661. The molecule has 0 saturated heterocycles. The van der Waals surface area contributed by atoms with Gasteiger partial charge in [-0.2, -0.15) is 0 Å². The van der Waals surface area contributed by atoms with Crippen LogP contribution in [0.4, 0.5) is 5.69 Å². The molecular weight excluding hydrogens is 394 g/mol. The number of anilines is 1. The van der Waals surface area contributed by atoms with Gasteiger partial charge in [-0.25, -0.2) is 0 Å². The van der Waals surface area contributed by atoms with Crippen LogP contribution in [0.2, 0.25) is 0 Å². The van der Waals surface area contributed by atoms with E-state index >= 15 is 0 Å². The molecule has 0 spiro atoms. The predicted molar refractivity (Wildman–Crippen MR) is 85.2 cm³/mol. The van der Waals surface area contributed by atoms with Gasteiger partial charge in [-0.05, 0) is 63.0 Å². The van der Waals surface area contributed by atoms with E-state index in [9.17, 15) is 4.79 Å². The average molecular weight is 405 g/mol. The third-order valence-corrected chi connectivity index (χ3v) is 4.81. The second-order valence-corrected chi connectivity index (χ2v) is 7.50. The molecule has 0 atom stereocenters. The van der Waals surface area contributed by atoms with Gasteiger partial charge in [-0.3, -0.25) is 4.79 Å². The van der Waals surface area contributed by atoms with Crippen molar-refractivity contribution in [1.29, 1.82) is 0 Å². The van der Waals surface area contributed by atoms with Crippen LogP contribution < -0.4 is 10.5 Å². The summed E-state index contributed by atoms with van der Waals surface area (Å²) in [4.78, 5) is 12.4. The highest BCUT2D eigenvalue weighted by Crippen LogP contribution is 2.34. The van der Waals surface area contributed by atoms with Gasteiger partial charge in [-0.15, -0.1) is 11.3 Å². The molecule has 2 N–H and O–H groups in total. The number of benzene rings is 1. The van der Waals surface area contributed by atoms with E-state index in [-0.39, 0.29) is 5.78 Å². The monoisotopic (exact) mass is 403 g/mol. The van der Waals surface area contributed by atoms with Crippen LogP contribution in [-0.4, -0.2) is 12.4 Å². The van der Waals surface area contributed by atoms with Crippen LogP contribution in [0.1, 0.15) is 22.8 Å². The fraction of sp³-hybridized carbons (Fsp3) is 0.154. The summed E-state index contributed by atoms with van der Waals surface area (Å²) in [6.07, 6.45) is 0. The molecule has 19 heavy (non-hydrogen) atoms. The van der Waals surface area contributed by atoms with Gasteiger partial charge in [0.05, 0.1) is 19.9 Å². The zero-order valence-electron chi connectivity index (χ0n) is 10.1. The number of hydrogen-bond donors (Lipinski definition) is 1. The van der Waals surface area contributed by atoms with Crippen LogP contribution in [-0.2, 0) is 0 Å². The van der Waals surface area contributed by atoms with Crippen LogP contribution in [0.3, 0.4) is 0 Å². The third-order valence-electron chi connectivity index (χ3n) is 2.47. The minimum atomic E-state index is -0.0661. The fourth-order valence-corrected chi connectivity index (χ4v) is 4.42. The first-order valence-electron chi connectivity index (χ1n) is 5.54. The molecule has 6 heteroatoms. The van der Waals surface area contributed by atoms with Crippen molar-refractivity contribution < 1.29 is 9.53 Å². The highest BCUT2D eigenvalue weighted by atomic mass is 79.9. The van der Waals surface area contributed by atoms with E-state index in [1.165, 1.54) is 11.3 Å². The number of ether oxygens (including phenoxy) is 1. The maximum absolute atomic E-state index is 12.4. The molecule has 0 unspecified atom stereocenters. The number of carbonyl (C=O) groups is 1. The zero-order valence-corrected chi connectivity index (χ0v) is 14.1. The van der Waals surface area contributed by atoms with E-state index in [1.807, 2.05) is 6.92 Å². The van der Waals surface area contributed by atoms with Crippen molar-refractivity contribution in [3.63, 3.8) is 0 Å². The van der Waals surface area contributed by atoms with Crippen LogP contribution in [0.5, 0.6) is 5.75 Å². The van der Waals surface area contributed by atoms with Gasteiger partial charge >= 0.3 is 0 Å². The minimum Gasteiger partial charge on any atom is -0.492 e. The van der Waals surface area contributed by atoms with Gasteiger partial charge in [0.15, 0.2) is 5.78 Å². The molecule has 2 aromatic rings. The highest BCUT2D eigenvalue weighted by Gasteiger charge is 2.16. The van der Waals surface area contributed by atoms with E-state index in [4.69, 9.17) is 10.5 Å². The lowest BCUT2D eigenvalue weighted by Crippen LogP contribution is -2.03. The van der Waals surface area contributed by atoms with E-state index in [0.717, 1.165) is 7.57 Å². The van der Waals surface area contributed by atoms with Gasteiger partial charge in [0.2, 0.25) is 0 Å². The number of ketones is 1. The van der Waals surface area contributed by atoms with Crippen LogP contribution >= 0.6 is 43.2 Å². The normalized spacial score (nSPS) is 10.5. The number of nitrogen functional groups attached to an aromatic ring is 1. The lowest BCUT2D eigenvalue weighted by molar-refractivity contribution is 0.103. The quantitative estimate of drug-likeness (QED) is 0.603. The lowest BCUT2D eigenvalue weighted by atomic mass is 10.1. The average Bonchev–Trinajstić information content (AvgIpc) is 2.70. The molecule has 0 bridgehead atoms. The van der Waals surface area contributed by atoms with Crippen LogP contribution in [0.25, 0.3) is 0 Å².